The third kappa shape index (κ3) is 6.97. The van der Waals surface area contributed by atoms with Crippen LogP contribution in [0.3, 0.4) is 0 Å². The second-order valence-electron chi connectivity index (χ2n) is 7.14. The van der Waals surface area contributed by atoms with Crippen molar-refractivity contribution in [2.24, 2.45) is 5.92 Å². The lowest BCUT2D eigenvalue weighted by Crippen LogP contribution is -2.40. The molecule has 28 heavy (non-hydrogen) atoms. The standard InChI is InChI=1S/C25H33NO2/c1-4-13-24(23(5-2)18-25(27)28-6-3)26(19-21-14-9-7-10-15-21)20-22-16-11-8-12-17-22/h5,7-12,14-17,23-24H,2,4,6,13,18-20H2,1,3H3/t23-,24-/m0/s1. The number of nitrogens with zero attached hydrogens (tertiary/aromatic N) is 1. The molecule has 0 aliphatic heterocycles. The molecule has 0 aliphatic carbocycles. The fourth-order valence-electron chi connectivity index (χ4n) is 3.68. The summed E-state index contributed by atoms with van der Waals surface area (Å²) in [5, 5.41) is 0. The van der Waals surface area contributed by atoms with E-state index in [-0.39, 0.29) is 17.9 Å². The van der Waals surface area contributed by atoms with E-state index >= 15 is 0 Å². The number of hydrogen-bond acceptors (Lipinski definition) is 3. The zero-order chi connectivity index (χ0) is 20.2. The van der Waals surface area contributed by atoms with E-state index in [9.17, 15) is 4.79 Å². The zero-order valence-corrected chi connectivity index (χ0v) is 17.2. The van der Waals surface area contributed by atoms with Crippen molar-refractivity contribution in [3.05, 3.63) is 84.4 Å². The van der Waals surface area contributed by atoms with E-state index in [1.807, 2.05) is 25.1 Å². The lowest BCUT2D eigenvalue weighted by atomic mass is 9.90. The molecule has 0 saturated carbocycles. The summed E-state index contributed by atoms with van der Waals surface area (Å²) in [5.74, 6) is -0.0840. The fraction of sp³-hybridized carbons (Fsp3) is 0.400. The van der Waals surface area contributed by atoms with Crippen LogP contribution in [0.2, 0.25) is 0 Å². The first-order valence-electron chi connectivity index (χ1n) is 10.3. The monoisotopic (exact) mass is 379 g/mol. The predicted molar refractivity (Wildman–Crippen MR) is 116 cm³/mol. The van der Waals surface area contributed by atoms with Gasteiger partial charge in [0.2, 0.25) is 0 Å². The smallest absolute Gasteiger partial charge is 0.306 e. The Labute approximate surface area is 170 Å². The van der Waals surface area contributed by atoms with Gasteiger partial charge in [-0.3, -0.25) is 9.69 Å². The first-order valence-corrected chi connectivity index (χ1v) is 10.3. The molecule has 0 amide bonds. The predicted octanol–water partition coefficient (Wildman–Crippen LogP) is 5.61. The van der Waals surface area contributed by atoms with Crippen LogP contribution in [0, 0.1) is 5.92 Å². The van der Waals surface area contributed by atoms with Crippen molar-refractivity contribution in [1.29, 1.82) is 0 Å². The molecule has 150 valence electrons. The molecule has 0 aromatic heterocycles. The molecular weight excluding hydrogens is 346 g/mol. The molecule has 2 atom stereocenters. The Bertz CT molecular complexity index is 658. The molecule has 0 heterocycles. The van der Waals surface area contributed by atoms with Gasteiger partial charge in [-0.15, -0.1) is 6.58 Å². The van der Waals surface area contributed by atoms with E-state index in [0.717, 1.165) is 25.9 Å². The topological polar surface area (TPSA) is 29.5 Å². The summed E-state index contributed by atoms with van der Waals surface area (Å²) in [5.41, 5.74) is 2.55. The van der Waals surface area contributed by atoms with Gasteiger partial charge in [0.25, 0.3) is 0 Å². The van der Waals surface area contributed by atoms with E-state index in [1.54, 1.807) is 0 Å². The second-order valence-corrected chi connectivity index (χ2v) is 7.14. The van der Waals surface area contributed by atoms with Crippen LogP contribution in [-0.4, -0.2) is 23.5 Å². The van der Waals surface area contributed by atoms with E-state index in [0.29, 0.717) is 13.0 Å². The van der Waals surface area contributed by atoms with Gasteiger partial charge in [0.05, 0.1) is 13.0 Å². The highest BCUT2D eigenvalue weighted by molar-refractivity contribution is 5.70. The highest BCUT2D eigenvalue weighted by Gasteiger charge is 2.27. The van der Waals surface area contributed by atoms with Crippen LogP contribution in [0.5, 0.6) is 0 Å². The second kappa shape index (κ2) is 12.1. The van der Waals surface area contributed by atoms with Crippen molar-refractivity contribution >= 4 is 5.97 Å². The molecule has 0 aliphatic rings. The van der Waals surface area contributed by atoms with Crippen molar-refractivity contribution in [3.63, 3.8) is 0 Å². The average Bonchev–Trinajstić information content (AvgIpc) is 2.72. The molecule has 0 unspecified atom stereocenters. The van der Waals surface area contributed by atoms with Crippen molar-refractivity contribution in [1.82, 2.24) is 4.90 Å². The molecule has 3 heteroatoms. The van der Waals surface area contributed by atoms with E-state index < -0.39 is 0 Å². The number of hydrogen-bond donors (Lipinski definition) is 0. The SMILES string of the molecule is C=C[C@@H](CC(=O)OCC)[C@H](CCC)N(Cc1ccccc1)Cc1ccccc1. The summed E-state index contributed by atoms with van der Waals surface area (Å²) >= 11 is 0. The van der Waals surface area contributed by atoms with Crippen molar-refractivity contribution in [2.75, 3.05) is 6.61 Å². The highest BCUT2D eigenvalue weighted by Crippen LogP contribution is 2.25. The molecule has 0 fully saturated rings. The third-order valence-electron chi connectivity index (χ3n) is 5.02. The van der Waals surface area contributed by atoms with E-state index in [1.165, 1.54) is 11.1 Å². The lowest BCUT2D eigenvalue weighted by Gasteiger charge is -2.36. The highest BCUT2D eigenvalue weighted by atomic mass is 16.5. The maximum absolute atomic E-state index is 12.2. The van der Waals surface area contributed by atoms with Crippen molar-refractivity contribution < 1.29 is 9.53 Å². The summed E-state index contributed by atoms with van der Waals surface area (Å²) < 4.78 is 5.21. The van der Waals surface area contributed by atoms with E-state index in [2.05, 4.69) is 66.9 Å². The summed E-state index contributed by atoms with van der Waals surface area (Å²) in [6.07, 6.45) is 4.37. The van der Waals surface area contributed by atoms with Gasteiger partial charge in [-0.05, 0) is 24.5 Å². The summed E-state index contributed by atoms with van der Waals surface area (Å²) in [7, 11) is 0. The van der Waals surface area contributed by atoms with Gasteiger partial charge in [0, 0.05) is 25.0 Å². The lowest BCUT2D eigenvalue weighted by molar-refractivity contribution is -0.144. The number of esters is 1. The van der Waals surface area contributed by atoms with Gasteiger partial charge in [-0.2, -0.15) is 0 Å². The van der Waals surface area contributed by atoms with Crippen LogP contribution in [-0.2, 0) is 22.6 Å². The maximum Gasteiger partial charge on any atom is 0.306 e. The van der Waals surface area contributed by atoms with Crippen LogP contribution in [0.1, 0.15) is 44.2 Å². The molecule has 0 saturated heterocycles. The average molecular weight is 380 g/mol. The summed E-state index contributed by atoms with van der Waals surface area (Å²) in [4.78, 5) is 14.7. The molecule has 2 aromatic rings. The molecule has 0 bridgehead atoms. The third-order valence-corrected chi connectivity index (χ3v) is 5.02. The van der Waals surface area contributed by atoms with Crippen LogP contribution in [0.15, 0.2) is 73.3 Å². The van der Waals surface area contributed by atoms with Gasteiger partial charge in [0.15, 0.2) is 0 Å². The van der Waals surface area contributed by atoms with Gasteiger partial charge in [-0.1, -0.05) is 80.1 Å². The van der Waals surface area contributed by atoms with Crippen molar-refractivity contribution in [2.45, 2.75) is 52.2 Å². The minimum atomic E-state index is -0.145. The number of carbonyl (C=O) groups excluding carboxylic acids is 1. The number of rotatable bonds is 12. The normalized spacial score (nSPS) is 13.1. The number of benzene rings is 2. The van der Waals surface area contributed by atoms with Crippen LogP contribution in [0.25, 0.3) is 0 Å². The molecule has 0 spiro atoms. The Hall–Kier alpha value is -2.39. The molecule has 0 radical (unpaired) electrons. The molecule has 3 nitrogen and oxygen atoms in total. The Morgan fingerprint density at radius 3 is 1.96 bits per heavy atom. The largest absolute Gasteiger partial charge is 0.466 e. The minimum absolute atomic E-state index is 0.0615. The fourth-order valence-corrected chi connectivity index (χ4v) is 3.68. The molecular formula is C25H33NO2. The van der Waals surface area contributed by atoms with Crippen molar-refractivity contribution in [3.8, 4) is 0 Å². The first kappa shape index (κ1) is 21.9. The molecule has 2 aromatic carbocycles. The number of ether oxygens (including phenoxy) is 1. The van der Waals surface area contributed by atoms with Gasteiger partial charge in [0.1, 0.15) is 0 Å². The Kier molecular flexibility index (Phi) is 9.50. The quantitative estimate of drug-likeness (QED) is 0.354. The van der Waals surface area contributed by atoms with E-state index in [4.69, 9.17) is 4.74 Å². The number of carbonyl (C=O) groups is 1. The Morgan fingerprint density at radius 1 is 1.00 bits per heavy atom. The van der Waals surface area contributed by atoms with Gasteiger partial charge < -0.3 is 4.74 Å². The Balaban J connectivity index is 2.28. The Morgan fingerprint density at radius 2 is 1.54 bits per heavy atom. The molecule has 0 N–H and O–H groups in total. The first-order chi connectivity index (χ1) is 13.7. The van der Waals surface area contributed by atoms with Crippen LogP contribution < -0.4 is 0 Å². The summed E-state index contributed by atoms with van der Waals surface area (Å²) in [6, 6.07) is 21.3. The summed E-state index contributed by atoms with van der Waals surface area (Å²) in [6.45, 7) is 10.2. The van der Waals surface area contributed by atoms with Gasteiger partial charge >= 0.3 is 5.97 Å². The van der Waals surface area contributed by atoms with Gasteiger partial charge in [-0.25, -0.2) is 0 Å². The van der Waals surface area contributed by atoms with Crippen LogP contribution in [0.4, 0.5) is 0 Å². The van der Waals surface area contributed by atoms with Crippen LogP contribution >= 0.6 is 0 Å². The maximum atomic E-state index is 12.2. The zero-order valence-electron chi connectivity index (χ0n) is 17.2. The minimum Gasteiger partial charge on any atom is -0.466 e. The molecule has 2 rings (SSSR count).